The van der Waals surface area contributed by atoms with Gasteiger partial charge in [-0.3, -0.25) is 4.79 Å². The molecule has 1 unspecified atom stereocenters. The van der Waals surface area contributed by atoms with Crippen LogP contribution in [0.5, 0.6) is 0 Å². The van der Waals surface area contributed by atoms with Crippen molar-refractivity contribution in [3.05, 3.63) is 94.6 Å². The van der Waals surface area contributed by atoms with E-state index >= 15 is 0 Å². The molecular formula is C30H30F6N4O2. The first-order chi connectivity index (χ1) is 19.8. The molecule has 0 aliphatic heterocycles. The van der Waals surface area contributed by atoms with Crippen molar-refractivity contribution in [1.29, 1.82) is 0 Å². The molecule has 4 aromatic rings. The molecule has 6 nitrogen and oxygen atoms in total. The Hall–Kier alpha value is -3.93. The number of aliphatic hydroxyl groups is 1. The Bertz CT molecular complexity index is 1480. The summed E-state index contributed by atoms with van der Waals surface area (Å²) in [4.78, 5) is 10.7. The number of hydrogen-bond donors (Lipinski definition) is 1. The van der Waals surface area contributed by atoms with E-state index in [4.69, 9.17) is 0 Å². The summed E-state index contributed by atoms with van der Waals surface area (Å²) in [5, 5.41) is 19.0. The third-order valence-electron chi connectivity index (χ3n) is 7.33. The van der Waals surface area contributed by atoms with Gasteiger partial charge in [0.25, 0.3) is 0 Å². The van der Waals surface area contributed by atoms with Gasteiger partial charge in [-0.05, 0) is 81.1 Å². The molecule has 0 bridgehead atoms. The van der Waals surface area contributed by atoms with Gasteiger partial charge in [-0.1, -0.05) is 19.3 Å². The third kappa shape index (κ3) is 7.28. The number of aromatic nitrogens is 4. The average molecular weight is 593 g/mol. The lowest BCUT2D eigenvalue weighted by Gasteiger charge is -2.26. The molecule has 2 heterocycles. The Morgan fingerprint density at radius 2 is 1.21 bits per heavy atom. The fourth-order valence-electron chi connectivity index (χ4n) is 4.93. The molecule has 1 aliphatic rings. The molecule has 224 valence electrons. The fraction of sp³-hybridized carbons (Fsp3) is 0.367. The second-order valence-corrected chi connectivity index (χ2v) is 10.3. The first-order valence-corrected chi connectivity index (χ1v) is 13.4. The van der Waals surface area contributed by atoms with E-state index in [9.17, 15) is 36.2 Å². The van der Waals surface area contributed by atoms with Crippen LogP contribution in [0, 0.1) is 19.8 Å². The van der Waals surface area contributed by atoms with Gasteiger partial charge in [-0.25, -0.2) is 9.36 Å². The summed E-state index contributed by atoms with van der Waals surface area (Å²) in [6.07, 6.45) is 0.0964. The SMILES string of the molecule is Cc1nn(-c2ccc(C(F)(F)F)cc2)cc1C(O)C1CCCCC1.Cc1nn(-c2ccc(C(F)(F)F)cc2)cc1C=O. The number of alkyl halides is 6. The van der Waals surface area contributed by atoms with Crippen LogP contribution in [-0.4, -0.2) is 31.0 Å². The molecule has 0 saturated heterocycles. The van der Waals surface area contributed by atoms with Crippen LogP contribution in [0.25, 0.3) is 11.4 Å². The molecule has 42 heavy (non-hydrogen) atoms. The van der Waals surface area contributed by atoms with Gasteiger partial charge < -0.3 is 5.11 Å². The molecule has 0 radical (unpaired) electrons. The molecule has 1 fully saturated rings. The van der Waals surface area contributed by atoms with Crippen LogP contribution >= 0.6 is 0 Å². The minimum atomic E-state index is -4.35. The molecule has 1 atom stereocenters. The van der Waals surface area contributed by atoms with Gasteiger partial charge >= 0.3 is 12.4 Å². The van der Waals surface area contributed by atoms with Crippen molar-refractivity contribution in [2.24, 2.45) is 5.92 Å². The van der Waals surface area contributed by atoms with Crippen LogP contribution < -0.4 is 0 Å². The summed E-state index contributed by atoms with van der Waals surface area (Å²) in [6.45, 7) is 3.48. The number of nitrogens with zero attached hydrogens (tertiary/aromatic N) is 4. The molecule has 2 aromatic heterocycles. The summed E-state index contributed by atoms with van der Waals surface area (Å²) in [5.41, 5.74) is 2.05. The zero-order valence-electron chi connectivity index (χ0n) is 23.0. The van der Waals surface area contributed by atoms with E-state index < -0.39 is 29.6 Å². The minimum Gasteiger partial charge on any atom is -0.388 e. The average Bonchev–Trinajstić information content (AvgIpc) is 3.54. The second kappa shape index (κ2) is 12.5. The van der Waals surface area contributed by atoms with Gasteiger partial charge in [-0.2, -0.15) is 36.5 Å². The van der Waals surface area contributed by atoms with E-state index in [2.05, 4.69) is 10.2 Å². The van der Waals surface area contributed by atoms with Gasteiger partial charge in [0.15, 0.2) is 6.29 Å². The van der Waals surface area contributed by atoms with E-state index in [1.165, 1.54) is 46.2 Å². The number of benzene rings is 2. The van der Waals surface area contributed by atoms with Crippen LogP contribution in [0.2, 0.25) is 0 Å². The van der Waals surface area contributed by atoms with E-state index in [0.717, 1.165) is 55.5 Å². The highest BCUT2D eigenvalue weighted by atomic mass is 19.4. The zero-order valence-corrected chi connectivity index (χ0v) is 23.0. The summed E-state index contributed by atoms with van der Waals surface area (Å²) < 4.78 is 78.0. The van der Waals surface area contributed by atoms with Crippen LogP contribution in [0.4, 0.5) is 26.3 Å². The van der Waals surface area contributed by atoms with Gasteiger partial charge in [0.05, 0.1) is 45.6 Å². The standard InChI is InChI=1S/C18H21F3N2O.C12H9F3N2O/c1-12-16(17(24)13-5-3-2-4-6-13)11-23(22-12)15-9-7-14(8-10-15)18(19,20)21;1-8-9(7-18)6-17(16-8)11-4-2-10(3-5-11)12(13,14)15/h7-11,13,17,24H,2-6H2,1H3;2-7H,1H3. The summed E-state index contributed by atoms with van der Waals surface area (Å²) in [5.74, 6) is 0.239. The maximum atomic E-state index is 12.6. The van der Waals surface area contributed by atoms with Crippen LogP contribution in [0.1, 0.15) is 76.6 Å². The van der Waals surface area contributed by atoms with Gasteiger partial charge in [0.2, 0.25) is 0 Å². The van der Waals surface area contributed by atoms with Gasteiger partial charge in [-0.15, -0.1) is 0 Å². The number of aldehydes is 1. The predicted molar refractivity (Wildman–Crippen MR) is 144 cm³/mol. The summed E-state index contributed by atoms with van der Waals surface area (Å²) in [6, 6.07) is 9.46. The number of carbonyl (C=O) groups excluding carboxylic acids is 1. The summed E-state index contributed by atoms with van der Waals surface area (Å²) >= 11 is 0. The normalized spacial score (nSPS) is 15.2. The van der Waals surface area contributed by atoms with E-state index in [1.54, 1.807) is 13.1 Å². The summed E-state index contributed by atoms with van der Waals surface area (Å²) in [7, 11) is 0. The Morgan fingerprint density at radius 3 is 1.64 bits per heavy atom. The van der Waals surface area contributed by atoms with E-state index in [-0.39, 0.29) is 5.92 Å². The predicted octanol–water partition coefficient (Wildman–Crippen LogP) is 7.83. The minimum absolute atomic E-state index is 0.239. The maximum Gasteiger partial charge on any atom is 0.416 e. The first kappa shape index (κ1) is 31.0. The third-order valence-corrected chi connectivity index (χ3v) is 7.33. The highest BCUT2D eigenvalue weighted by Gasteiger charge is 2.31. The van der Waals surface area contributed by atoms with Crippen molar-refractivity contribution in [1.82, 2.24) is 19.6 Å². The lowest BCUT2D eigenvalue weighted by molar-refractivity contribution is -0.138. The highest BCUT2D eigenvalue weighted by Crippen LogP contribution is 2.36. The Labute approximate surface area is 238 Å². The van der Waals surface area contributed by atoms with E-state index in [0.29, 0.717) is 34.6 Å². The molecule has 2 aromatic carbocycles. The van der Waals surface area contributed by atoms with Crippen molar-refractivity contribution in [3.63, 3.8) is 0 Å². The molecule has 1 saturated carbocycles. The van der Waals surface area contributed by atoms with Crippen LogP contribution in [-0.2, 0) is 12.4 Å². The first-order valence-electron chi connectivity index (χ1n) is 13.4. The number of rotatable bonds is 5. The maximum absolute atomic E-state index is 12.6. The van der Waals surface area contributed by atoms with Crippen LogP contribution in [0.15, 0.2) is 60.9 Å². The lowest BCUT2D eigenvalue weighted by atomic mass is 9.83. The van der Waals surface area contributed by atoms with E-state index in [1.807, 2.05) is 6.92 Å². The monoisotopic (exact) mass is 592 g/mol. The van der Waals surface area contributed by atoms with Crippen molar-refractivity contribution >= 4 is 6.29 Å². The smallest absolute Gasteiger partial charge is 0.388 e. The van der Waals surface area contributed by atoms with Gasteiger partial charge in [0, 0.05) is 18.0 Å². The Morgan fingerprint density at radius 1 is 0.762 bits per heavy atom. The molecule has 5 rings (SSSR count). The van der Waals surface area contributed by atoms with Crippen molar-refractivity contribution < 1.29 is 36.2 Å². The Balaban J connectivity index is 0.000000201. The molecule has 0 spiro atoms. The lowest BCUT2D eigenvalue weighted by Crippen LogP contribution is -2.16. The molecule has 1 N–H and O–H groups in total. The zero-order chi connectivity index (χ0) is 30.7. The second-order valence-electron chi connectivity index (χ2n) is 10.3. The number of carbonyl (C=O) groups is 1. The molecular weight excluding hydrogens is 562 g/mol. The van der Waals surface area contributed by atoms with Crippen molar-refractivity contribution in [2.75, 3.05) is 0 Å². The molecule has 0 amide bonds. The van der Waals surface area contributed by atoms with Crippen LogP contribution in [0.3, 0.4) is 0 Å². The number of hydrogen-bond acceptors (Lipinski definition) is 4. The van der Waals surface area contributed by atoms with Gasteiger partial charge in [0.1, 0.15) is 0 Å². The number of aliphatic hydroxyl groups excluding tert-OH is 1. The molecule has 1 aliphatic carbocycles. The van der Waals surface area contributed by atoms with Crippen molar-refractivity contribution in [3.8, 4) is 11.4 Å². The van der Waals surface area contributed by atoms with Crippen molar-refractivity contribution in [2.45, 2.75) is 64.4 Å². The quantitative estimate of drug-likeness (QED) is 0.189. The Kier molecular flexibility index (Phi) is 9.24. The number of aryl methyl sites for hydroxylation is 2. The highest BCUT2D eigenvalue weighted by molar-refractivity contribution is 5.76. The number of halogens is 6. The largest absolute Gasteiger partial charge is 0.416 e. The molecule has 12 heteroatoms. The fourth-order valence-corrected chi connectivity index (χ4v) is 4.93. The topological polar surface area (TPSA) is 72.9 Å².